The van der Waals surface area contributed by atoms with Gasteiger partial charge in [-0.2, -0.15) is 0 Å². The number of aryl methyl sites for hydroxylation is 2. The minimum Gasteiger partial charge on any atom is -0.326 e. The standard InChI is InChI=1S/C19H27N3O2S/c1-11(2)20-19-22(12(3)4)18(24)16(25-19)10-17(23)21-15-8-7-13(5)14(6)9-15/h7-9,11-12,16H,10H2,1-6H3,(H,21,23). The average molecular weight is 362 g/mol. The molecule has 0 radical (unpaired) electrons. The Morgan fingerprint density at radius 1 is 1.24 bits per heavy atom. The molecule has 5 nitrogen and oxygen atoms in total. The molecule has 1 fully saturated rings. The molecule has 1 atom stereocenters. The van der Waals surface area contributed by atoms with Crippen molar-refractivity contribution in [3.05, 3.63) is 29.3 Å². The Bertz CT molecular complexity index is 698. The largest absolute Gasteiger partial charge is 0.326 e. The van der Waals surface area contributed by atoms with Crippen LogP contribution >= 0.6 is 11.8 Å². The summed E-state index contributed by atoms with van der Waals surface area (Å²) in [7, 11) is 0. The maximum absolute atomic E-state index is 12.7. The monoisotopic (exact) mass is 361 g/mol. The fourth-order valence-corrected chi connectivity index (χ4v) is 3.99. The van der Waals surface area contributed by atoms with E-state index >= 15 is 0 Å². The molecule has 136 valence electrons. The Hall–Kier alpha value is -1.82. The summed E-state index contributed by atoms with van der Waals surface area (Å²) in [5.41, 5.74) is 3.07. The second-order valence-corrected chi connectivity index (χ2v) is 8.14. The Morgan fingerprint density at radius 2 is 1.92 bits per heavy atom. The number of nitrogens with zero attached hydrogens (tertiary/aromatic N) is 2. The van der Waals surface area contributed by atoms with Crippen LogP contribution in [0.15, 0.2) is 23.2 Å². The van der Waals surface area contributed by atoms with E-state index in [2.05, 4.69) is 10.3 Å². The molecule has 0 saturated carbocycles. The lowest BCUT2D eigenvalue weighted by Crippen LogP contribution is -2.38. The fourth-order valence-electron chi connectivity index (χ4n) is 2.60. The number of benzene rings is 1. The van der Waals surface area contributed by atoms with Gasteiger partial charge in [-0.1, -0.05) is 17.8 Å². The second-order valence-electron chi connectivity index (χ2n) is 6.97. The first-order chi connectivity index (χ1) is 11.7. The van der Waals surface area contributed by atoms with Crippen LogP contribution in [0.1, 0.15) is 45.2 Å². The van der Waals surface area contributed by atoms with Crippen molar-refractivity contribution >= 4 is 34.4 Å². The van der Waals surface area contributed by atoms with Gasteiger partial charge in [-0.15, -0.1) is 0 Å². The first-order valence-corrected chi connectivity index (χ1v) is 9.51. The zero-order valence-electron chi connectivity index (χ0n) is 15.8. The summed E-state index contributed by atoms with van der Waals surface area (Å²) < 4.78 is 0. The molecule has 0 aliphatic carbocycles. The molecular formula is C19H27N3O2S. The molecule has 25 heavy (non-hydrogen) atoms. The molecule has 1 aliphatic heterocycles. The molecule has 0 spiro atoms. The second kappa shape index (κ2) is 8.04. The van der Waals surface area contributed by atoms with Crippen LogP contribution < -0.4 is 5.32 Å². The van der Waals surface area contributed by atoms with Crippen molar-refractivity contribution in [3.8, 4) is 0 Å². The van der Waals surface area contributed by atoms with Crippen molar-refractivity contribution in [1.29, 1.82) is 0 Å². The molecule has 1 saturated heterocycles. The highest BCUT2D eigenvalue weighted by molar-refractivity contribution is 8.15. The van der Waals surface area contributed by atoms with Gasteiger partial charge >= 0.3 is 0 Å². The van der Waals surface area contributed by atoms with Crippen molar-refractivity contribution in [2.45, 2.75) is 65.3 Å². The number of nitrogens with one attached hydrogen (secondary N) is 1. The molecule has 1 heterocycles. The van der Waals surface area contributed by atoms with Gasteiger partial charge in [0, 0.05) is 24.2 Å². The lowest BCUT2D eigenvalue weighted by atomic mass is 10.1. The highest BCUT2D eigenvalue weighted by Gasteiger charge is 2.40. The van der Waals surface area contributed by atoms with Crippen molar-refractivity contribution in [1.82, 2.24) is 4.90 Å². The SMILES string of the molecule is Cc1ccc(NC(=O)CC2SC(=NC(C)C)N(C(C)C)C2=O)cc1C. The summed E-state index contributed by atoms with van der Waals surface area (Å²) in [5.74, 6) is -0.182. The van der Waals surface area contributed by atoms with Crippen LogP contribution in [0.2, 0.25) is 0 Å². The number of hydrogen-bond donors (Lipinski definition) is 1. The van der Waals surface area contributed by atoms with Crippen molar-refractivity contribution in [2.24, 2.45) is 4.99 Å². The minimum atomic E-state index is -0.411. The van der Waals surface area contributed by atoms with E-state index in [9.17, 15) is 9.59 Å². The molecule has 6 heteroatoms. The third kappa shape index (κ3) is 4.84. The van der Waals surface area contributed by atoms with Crippen LogP contribution in [0.25, 0.3) is 0 Å². The Labute approximate surface area is 154 Å². The molecule has 2 rings (SSSR count). The van der Waals surface area contributed by atoms with Gasteiger partial charge in [-0.05, 0) is 64.8 Å². The van der Waals surface area contributed by atoms with Crippen molar-refractivity contribution in [2.75, 3.05) is 5.32 Å². The Balaban J connectivity index is 2.07. The molecule has 1 N–H and O–H groups in total. The predicted molar refractivity (Wildman–Crippen MR) is 105 cm³/mol. The van der Waals surface area contributed by atoms with Crippen LogP contribution in [0.3, 0.4) is 0 Å². The van der Waals surface area contributed by atoms with E-state index in [0.717, 1.165) is 16.4 Å². The van der Waals surface area contributed by atoms with Gasteiger partial charge in [0.2, 0.25) is 11.8 Å². The molecular weight excluding hydrogens is 334 g/mol. The Kier molecular flexibility index (Phi) is 6.27. The van der Waals surface area contributed by atoms with Gasteiger partial charge in [0.1, 0.15) is 5.25 Å². The zero-order chi connectivity index (χ0) is 18.7. The first kappa shape index (κ1) is 19.5. The summed E-state index contributed by atoms with van der Waals surface area (Å²) >= 11 is 1.39. The van der Waals surface area contributed by atoms with Gasteiger partial charge in [0.15, 0.2) is 5.17 Å². The number of amides is 2. The minimum absolute atomic E-state index is 0.0327. The van der Waals surface area contributed by atoms with Gasteiger partial charge < -0.3 is 5.32 Å². The van der Waals surface area contributed by atoms with Crippen molar-refractivity contribution < 1.29 is 9.59 Å². The van der Waals surface area contributed by atoms with Crippen molar-refractivity contribution in [3.63, 3.8) is 0 Å². The maximum atomic E-state index is 12.7. The number of thioether (sulfide) groups is 1. The summed E-state index contributed by atoms with van der Waals surface area (Å²) in [6.07, 6.45) is 0.150. The van der Waals surface area contributed by atoms with E-state index in [0.29, 0.717) is 0 Å². The number of amidine groups is 1. The number of hydrogen-bond acceptors (Lipinski definition) is 4. The quantitative estimate of drug-likeness (QED) is 0.869. The Morgan fingerprint density at radius 3 is 2.48 bits per heavy atom. The maximum Gasteiger partial charge on any atom is 0.242 e. The van der Waals surface area contributed by atoms with E-state index in [1.54, 1.807) is 4.90 Å². The molecule has 0 aromatic heterocycles. The summed E-state index contributed by atoms with van der Waals surface area (Å²) in [5, 5.41) is 3.20. The van der Waals surface area contributed by atoms with Gasteiger partial charge in [-0.25, -0.2) is 0 Å². The first-order valence-electron chi connectivity index (χ1n) is 8.63. The third-order valence-electron chi connectivity index (χ3n) is 4.01. The van der Waals surface area contributed by atoms with Crippen LogP contribution in [0.4, 0.5) is 5.69 Å². The van der Waals surface area contributed by atoms with E-state index in [1.165, 1.54) is 17.3 Å². The number of anilines is 1. The number of carbonyl (C=O) groups is 2. The number of aliphatic imine (C=N–C) groups is 1. The number of rotatable bonds is 5. The van der Waals surface area contributed by atoms with Crippen LogP contribution in [-0.4, -0.2) is 39.2 Å². The third-order valence-corrected chi connectivity index (χ3v) is 5.18. The predicted octanol–water partition coefficient (Wildman–Crippen LogP) is 3.75. The average Bonchev–Trinajstić information content (AvgIpc) is 2.78. The number of carbonyl (C=O) groups excluding carboxylic acids is 2. The summed E-state index contributed by atoms with van der Waals surface area (Å²) in [4.78, 5) is 31.3. The lowest BCUT2D eigenvalue weighted by molar-refractivity contribution is -0.129. The van der Waals surface area contributed by atoms with E-state index in [1.807, 2.05) is 59.7 Å². The van der Waals surface area contributed by atoms with E-state index < -0.39 is 5.25 Å². The molecule has 1 unspecified atom stereocenters. The van der Waals surface area contributed by atoms with Gasteiger partial charge in [-0.3, -0.25) is 19.5 Å². The lowest BCUT2D eigenvalue weighted by Gasteiger charge is -2.21. The van der Waals surface area contributed by atoms with E-state index in [4.69, 9.17) is 0 Å². The molecule has 2 amide bonds. The zero-order valence-corrected chi connectivity index (χ0v) is 16.6. The molecule has 1 aliphatic rings. The summed E-state index contributed by atoms with van der Waals surface area (Å²) in [6.45, 7) is 11.9. The van der Waals surface area contributed by atoms with Gasteiger partial charge in [0.25, 0.3) is 0 Å². The van der Waals surface area contributed by atoms with Crippen LogP contribution in [-0.2, 0) is 9.59 Å². The van der Waals surface area contributed by atoms with E-state index in [-0.39, 0.29) is 30.3 Å². The summed E-state index contributed by atoms with van der Waals surface area (Å²) in [6, 6.07) is 5.96. The van der Waals surface area contributed by atoms with Crippen LogP contribution in [0, 0.1) is 13.8 Å². The smallest absolute Gasteiger partial charge is 0.242 e. The fraction of sp³-hybridized carbons (Fsp3) is 0.526. The topological polar surface area (TPSA) is 61.8 Å². The molecule has 0 bridgehead atoms. The highest BCUT2D eigenvalue weighted by Crippen LogP contribution is 2.32. The molecule has 1 aromatic rings. The van der Waals surface area contributed by atoms with Gasteiger partial charge in [0.05, 0.1) is 0 Å². The molecule has 1 aromatic carbocycles. The van der Waals surface area contributed by atoms with Crippen LogP contribution in [0.5, 0.6) is 0 Å². The highest BCUT2D eigenvalue weighted by atomic mass is 32.2. The normalized spacial score (nSPS) is 19.4.